The normalized spacial score (nSPS) is 10.8. The smallest absolute Gasteiger partial charge is 0.333 e. The van der Waals surface area contributed by atoms with E-state index in [9.17, 15) is 4.79 Å². The number of unbranched alkanes of at least 4 members (excludes halogenated alkanes) is 8. The van der Waals surface area contributed by atoms with Crippen LogP contribution in [0.2, 0.25) is 0 Å². The third-order valence-electron chi connectivity index (χ3n) is 3.33. The highest BCUT2D eigenvalue weighted by atomic mass is 16.5. The van der Waals surface area contributed by atoms with Crippen molar-refractivity contribution in [2.24, 2.45) is 0 Å². The molecular formula is C17H33NO2. The number of esters is 1. The van der Waals surface area contributed by atoms with Gasteiger partial charge in [0.15, 0.2) is 0 Å². The van der Waals surface area contributed by atoms with Crippen LogP contribution in [0, 0.1) is 0 Å². The minimum Gasteiger partial charge on any atom is -0.462 e. The Kier molecular flexibility index (Phi) is 12.6. The molecule has 0 aromatic heterocycles. The van der Waals surface area contributed by atoms with Gasteiger partial charge in [-0.05, 0) is 40.4 Å². The number of carbonyl (C=O) groups is 1. The SMILES string of the molecule is C=C(C)C(=O)OCCCCCCCCCCCN(C)C. The summed E-state index contributed by atoms with van der Waals surface area (Å²) in [6.45, 7) is 6.99. The molecule has 3 nitrogen and oxygen atoms in total. The number of ether oxygens (including phenoxy) is 1. The summed E-state index contributed by atoms with van der Waals surface area (Å²) in [6, 6.07) is 0. The van der Waals surface area contributed by atoms with Crippen LogP contribution in [0.25, 0.3) is 0 Å². The molecule has 0 radical (unpaired) electrons. The maximum Gasteiger partial charge on any atom is 0.333 e. The lowest BCUT2D eigenvalue weighted by molar-refractivity contribution is -0.139. The fourth-order valence-electron chi connectivity index (χ4n) is 2.06. The minimum absolute atomic E-state index is 0.261. The Morgan fingerprint density at radius 3 is 1.80 bits per heavy atom. The van der Waals surface area contributed by atoms with Gasteiger partial charge in [0, 0.05) is 5.57 Å². The summed E-state index contributed by atoms with van der Waals surface area (Å²) in [5, 5.41) is 0. The predicted octanol–water partition coefficient (Wildman–Crippen LogP) is 4.18. The topological polar surface area (TPSA) is 29.5 Å². The van der Waals surface area contributed by atoms with Gasteiger partial charge in [0.25, 0.3) is 0 Å². The highest BCUT2D eigenvalue weighted by Gasteiger charge is 2.01. The Hall–Kier alpha value is -0.830. The molecule has 0 aliphatic carbocycles. The van der Waals surface area contributed by atoms with Crippen molar-refractivity contribution >= 4 is 5.97 Å². The van der Waals surface area contributed by atoms with Crippen LogP contribution in [0.4, 0.5) is 0 Å². The summed E-state index contributed by atoms with van der Waals surface area (Å²) in [4.78, 5) is 13.4. The highest BCUT2D eigenvalue weighted by Crippen LogP contribution is 2.10. The number of rotatable bonds is 13. The quantitative estimate of drug-likeness (QED) is 0.288. The van der Waals surface area contributed by atoms with E-state index in [2.05, 4.69) is 25.6 Å². The second kappa shape index (κ2) is 13.2. The number of hydrogen-bond donors (Lipinski definition) is 0. The van der Waals surface area contributed by atoms with Crippen molar-refractivity contribution < 1.29 is 9.53 Å². The summed E-state index contributed by atoms with van der Waals surface area (Å²) >= 11 is 0. The first-order chi connectivity index (χ1) is 9.54. The molecule has 0 atom stereocenters. The minimum atomic E-state index is -0.261. The molecule has 0 saturated carbocycles. The van der Waals surface area contributed by atoms with Gasteiger partial charge in [-0.15, -0.1) is 0 Å². The maximum atomic E-state index is 11.1. The average molecular weight is 283 g/mol. The van der Waals surface area contributed by atoms with Gasteiger partial charge >= 0.3 is 5.97 Å². The van der Waals surface area contributed by atoms with E-state index in [0.29, 0.717) is 12.2 Å². The van der Waals surface area contributed by atoms with E-state index >= 15 is 0 Å². The third-order valence-corrected chi connectivity index (χ3v) is 3.33. The van der Waals surface area contributed by atoms with Crippen LogP contribution in [0.3, 0.4) is 0 Å². The van der Waals surface area contributed by atoms with Gasteiger partial charge in [-0.1, -0.05) is 51.5 Å². The molecule has 0 unspecified atom stereocenters. The summed E-state index contributed by atoms with van der Waals surface area (Å²) in [5.74, 6) is -0.261. The van der Waals surface area contributed by atoms with Crippen LogP contribution in [-0.2, 0) is 9.53 Å². The van der Waals surface area contributed by atoms with Crippen LogP contribution in [0.1, 0.15) is 64.7 Å². The van der Waals surface area contributed by atoms with Crippen molar-refractivity contribution in [3.05, 3.63) is 12.2 Å². The van der Waals surface area contributed by atoms with E-state index < -0.39 is 0 Å². The molecule has 0 aliphatic heterocycles. The van der Waals surface area contributed by atoms with E-state index in [0.717, 1.165) is 12.8 Å². The van der Waals surface area contributed by atoms with Gasteiger partial charge in [-0.3, -0.25) is 0 Å². The number of nitrogens with zero attached hydrogens (tertiary/aromatic N) is 1. The van der Waals surface area contributed by atoms with Crippen molar-refractivity contribution in [3.8, 4) is 0 Å². The molecule has 0 bridgehead atoms. The fraction of sp³-hybridized carbons (Fsp3) is 0.824. The summed E-state index contributed by atoms with van der Waals surface area (Å²) in [7, 11) is 4.27. The van der Waals surface area contributed by atoms with Gasteiger partial charge in [-0.2, -0.15) is 0 Å². The molecule has 0 aromatic carbocycles. The van der Waals surface area contributed by atoms with E-state index in [1.54, 1.807) is 6.92 Å². The van der Waals surface area contributed by atoms with Crippen molar-refractivity contribution in [3.63, 3.8) is 0 Å². The standard InChI is InChI=1S/C17H33NO2/c1-16(2)17(19)20-15-13-11-9-7-5-6-8-10-12-14-18(3)4/h1,5-15H2,2-4H3. The zero-order valence-corrected chi connectivity index (χ0v) is 13.7. The van der Waals surface area contributed by atoms with Gasteiger partial charge < -0.3 is 9.64 Å². The second-order valence-electron chi connectivity index (χ2n) is 5.90. The second-order valence-corrected chi connectivity index (χ2v) is 5.90. The molecule has 0 fully saturated rings. The maximum absolute atomic E-state index is 11.1. The van der Waals surface area contributed by atoms with Gasteiger partial charge in [0.2, 0.25) is 0 Å². The molecule has 0 aromatic rings. The molecule has 118 valence electrons. The van der Waals surface area contributed by atoms with Crippen molar-refractivity contribution in [1.82, 2.24) is 4.90 Å². The van der Waals surface area contributed by atoms with Crippen LogP contribution >= 0.6 is 0 Å². The molecule has 0 amide bonds. The Bertz CT molecular complexity index is 262. The highest BCUT2D eigenvalue weighted by molar-refractivity contribution is 5.86. The molecule has 3 heteroatoms. The summed E-state index contributed by atoms with van der Waals surface area (Å²) in [6.07, 6.45) is 11.4. The van der Waals surface area contributed by atoms with E-state index in [1.165, 1.54) is 51.5 Å². The molecule has 0 N–H and O–H groups in total. The Morgan fingerprint density at radius 2 is 1.35 bits per heavy atom. The first-order valence-electron chi connectivity index (χ1n) is 8.01. The Labute approximate surface area is 125 Å². The average Bonchev–Trinajstić information content (AvgIpc) is 2.39. The molecule has 0 aliphatic rings. The van der Waals surface area contributed by atoms with Crippen molar-refractivity contribution in [1.29, 1.82) is 0 Å². The zero-order chi connectivity index (χ0) is 15.2. The van der Waals surface area contributed by atoms with Crippen LogP contribution in [0.5, 0.6) is 0 Å². The lowest BCUT2D eigenvalue weighted by Gasteiger charge is -2.08. The summed E-state index contributed by atoms with van der Waals surface area (Å²) < 4.78 is 5.05. The fourth-order valence-corrected chi connectivity index (χ4v) is 2.06. The van der Waals surface area contributed by atoms with E-state index in [1.807, 2.05) is 0 Å². The monoisotopic (exact) mass is 283 g/mol. The first kappa shape index (κ1) is 19.2. The van der Waals surface area contributed by atoms with Crippen LogP contribution in [0.15, 0.2) is 12.2 Å². The van der Waals surface area contributed by atoms with Crippen LogP contribution in [-0.4, -0.2) is 38.1 Å². The third kappa shape index (κ3) is 13.6. The van der Waals surface area contributed by atoms with Gasteiger partial charge in [0.05, 0.1) is 6.61 Å². The molecular weight excluding hydrogens is 250 g/mol. The number of hydrogen-bond acceptors (Lipinski definition) is 3. The molecule has 0 rings (SSSR count). The van der Waals surface area contributed by atoms with Crippen LogP contribution < -0.4 is 0 Å². The Morgan fingerprint density at radius 1 is 0.900 bits per heavy atom. The lowest BCUT2D eigenvalue weighted by Crippen LogP contribution is -2.12. The first-order valence-corrected chi connectivity index (χ1v) is 8.01. The van der Waals surface area contributed by atoms with E-state index in [-0.39, 0.29) is 5.97 Å². The molecule has 0 spiro atoms. The molecule has 0 saturated heterocycles. The zero-order valence-electron chi connectivity index (χ0n) is 13.7. The van der Waals surface area contributed by atoms with Gasteiger partial charge in [-0.25, -0.2) is 4.79 Å². The van der Waals surface area contributed by atoms with Crippen molar-refractivity contribution in [2.45, 2.75) is 64.7 Å². The largest absolute Gasteiger partial charge is 0.462 e. The lowest BCUT2D eigenvalue weighted by atomic mass is 10.1. The summed E-state index contributed by atoms with van der Waals surface area (Å²) in [5.41, 5.74) is 0.485. The van der Waals surface area contributed by atoms with Gasteiger partial charge in [0.1, 0.15) is 0 Å². The van der Waals surface area contributed by atoms with Crippen molar-refractivity contribution in [2.75, 3.05) is 27.2 Å². The molecule has 20 heavy (non-hydrogen) atoms. The number of carbonyl (C=O) groups excluding carboxylic acids is 1. The van der Waals surface area contributed by atoms with E-state index in [4.69, 9.17) is 4.74 Å². The Balaban J connectivity index is 3.10. The predicted molar refractivity (Wildman–Crippen MR) is 85.9 cm³/mol. The molecule has 0 heterocycles.